The zero-order valence-corrected chi connectivity index (χ0v) is 8.34. The molecule has 1 aromatic heterocycles. The minimum Gasteiger partial charge on any atom is -0.481 e. The molecule has 0 bridgehead atoms. The van der Waals surface area contributed by atoms with Gasteiger partial charge in [-0.25, -0.2) is 0 Å². The SMILES string of the molecule is C[C@@H](C(=O)O)c1cnc2ccccc2c1. The molecule has 1 aromatic carbocycles. The standard InChI is InChI=1S/C12H11NO2/c1-8(12(14)15)10-6-9-4-2-3-5-11(9)13-7-10/h2-8H,1H3,(H,14,15)/t8-/m1/s1. The minimum atomic E-state index is -0.827. The Balaban J connectivity index is 2.51. The number of hydrogen-bond acceptors (Lipinski definition) is 2. The van der Waals surface area contributed by atoms with Crippen LogP contribution in [-0.4, -0.2) is 16.1 Å². The van der Waals surface area contributed by atoms with Crippen LogP contribution in [0.5, 0.6) is 0 Å². The number of rotatable bonds is 2. The third kappa shape index (κ3) is 1.81. The molecule has 0 radical (unpaired) electrons. The van der Waals surface area contributed by atoms with Crippen molar-refractivity contribution in [3.8, 4) is 0 Å². The van der Waals surface area contributed by atoms with Gasteiger partial charge in [-0.05, 0) is 24.6 Å². The first-order valence-corrected chi connectivity index (χ1v) is 4.76. The summed E-state index contributed by atoms with van der Waals surface area (Å²) in [7, 11) is 0. The Kier molecular flexibility index (Phi) is 2.37. The van der Waals surface area contributed by atoms with Gasteiger partial charge in [0.05, 0.1) is 11.4 Å². The van der Waals surface area contributed by atoms with Crippen LogP contribution in [0.3, 0.4) is 0 Å². The quantitative estimate of drug-likeness (QED) is 0.811. The van der Waals surface area contributed by atoms with E-state index in [0.717, 1.165) is 16.5 Å². The van der Waals surface area contributed by atoms with Crippen LogP contribution in [0.4, 0.5) is 0 Å². The van der Waals surface area contributed by atoms with E-state index in [-0.39, 0.29) is 0 Å². The topological polar surface area (TPSA) is 50.2 Å². The van der Waals surface area contributed by atoms with Crippen molar-refractivity contribution >= 4 is 16.9 Å². The molecule has 0 aliphatic heterocycles. The molecule has 15 heavy (non-hydrogen) atoms. The van der Waals surface area contributed by atoms with Crippen LogP contribution in [0.25, 0.3) is 10.9 Å². The first-order valence-electron chi connectivity index (χ1n) is 4.76. The Morgan fingerprint density at radius 1 is 1.40 bits per heavy atom. The van der Waals surface area contributed by atoms with Crippen molar-refractivity contribution in [3.63, 3.8) is 0 Å². The number of aromatic nitrogens is 1. The lowest BCUT2D eigenvalue weighted by Gasteiger charge is -2.06. The highest BCUT2D eigenvalue weighted by Crippen LogP contribution is 2.19. The van der Waals surface area contributed by atoms with E-state index in [1.807, 2.05) is 30.3 Å². The largest absolute Gasteiger partial charge is 0.481 e. The lowest BCUT2D eigenvalue weighted by Crippen LogP contribution is -2.07. The predicted octanol–water partition coefficient (Wildman–Crippen LogP) is 2.42. The second-order valence-corrected chi connectivity index (χ2v) is 3.52. The Morgan fingerprint density at radius 2 is 2.13 bits per heavy atom. The fourth-order valence-corrected chi connectivity index (χ4v) is 1.47. The lowest BCUT2D eigenvalue weighted by atomic mass is 10.0. The van der Waals surface area contributed by atoms with Crippen LogP contribution in [0.15, 0.2) is 36.5 Å². The first kappa shape index (κ1) is 9.65. The summed E-state index contributed by atoms with van der Waals surface area (Å²) in [6.07, 6.45) is 1.63. The van der Waals surface area contributed by atoms with Crippen molar-refractivity contribution in [3.05, 3.63) is 42.1 Å². The molecule has 3 heteroatoms. The molecule has 0 amide bonds. The maximum Gasteiger partial charge on any atom is 0.310 e. The van der Waals surface area contributed by atoms with E-state index in [4.69, 9.17) is 5.11 Å². The summed E-state index contributed by atoms with van der Waals surface area (Å²) in [5.41, 5.74) is 1.63. The monoisotopic (exact) mass is 201 g/mol. The van der Waals surface area contributed by atoms with Gasteiger partial charge >= 0.3 is 5.97 Å². The molecule has 2 aromatic rings. The molecule has 0 spiro atoms. The Hall–Kier alpha value is -1.90. The van der Waals surface area contributed by atoms with E-state index >= 15 is 0 Å². The van der Waals surface area contributed by atoms with Gasteiger partial charge < -0.3 is 5.11 Å². The van der Waals surface area contributed by atoms with Gasteiger partial charge in [0, 0.05) is 11.6 Å². The van der Waals surface area contributed by atoms with E-state index in [9.17, 15) is 4.79 Å². The molecule has 1 N–H and O–H groups in total. The normalized spacial score (nSPS) is 12.6. The van der Waals surface area contributed by atoms with Crippen molar-refractivity contribution in [2.24, 2.45) is 0 Å². The average molecular weight is 201 g/mol. The van der Waals surface area contributed by atoms with Crippen molar-refractivity contribution in [1.82, 2.24) is 4.98 Å². The van der Waals surface area contributed by atoms with Gasteiger partial charge in [0.1, 0.15) is 0 Å². The first-order chi connectivity index (χ1) is 7.18. The molecule has 0 aliphatic rings. The zero-order valence-electron chi connectivity index (χ0n) is 8.34. The molecule has 3 nitrogen and oxygen atoms in total. The second-order valence-electron chi connectivity index (χ2n) is 3.52. The van der Waals surface area contributed by atoms with Crippen molar-refractivity contribution in [2.75, 3.05) is 0 Å². The molecule has 0 unspecified atom stereocenters. The molecular weight excluding hydrogens is 190 g/mol. The summed E-state index contributed by atoms with van der Waals surface area (Å²) < 4.78 is 0. The van der Waals surface area contributed by atoms with E-state index in [2.05, 4.69) is 4.98 Å². The summed E-state index contributed by atoms with van der Waals surface area (Å²) in [6.45, 7) is 1.66. The van der Waals surface area contributed by atoms with E-state index in [1.165, 1.54) is 0 Å². The Labute approximate surface area is 87.4 Å². The van der Waals surface area contributed by atoms with Gasteiger partial charge in [-0.2, -0.15) is 0 Å². The van der Waals surface area contributed by atoms with Gasteiger partial charge in [0.2, 0.25) is 0 Å². The van der Waals surface area contributed by atoms with Gasteiger partial charge in [0.25, 0.3) is 0 Å². The maximum atomic E-state index is 10.8. The van der Waals surface area contributed by atoms with Crippen LogP contribution < -0.4 is 0 Å². The summed E-state index contributed by atoms with van der Waals surface area (Å²) >= 11 is 0. The number of carboxylic acids is 1. The van der Waals surface area contributed by atoms with Gasteiger partial charge in [-0.3, -0.25) is 9.78 Å². The van der Waals surface area contributed by atoms with Crippen molar-refractivity contribution in [2.45, 2.75) is 12.8 Å². The van der Waals surface area contributed by atoms with Gasteiger partial charge in [0.15, 0.2) is 0 Å². The van der Waals surface area contributed by atoms with Gasteiger partial charge in [-0.15, -0.1) is 0 Å². The van der Waals surface area contributed by atoms with Crippen molar-refractivity contribution in [1.29, 1.82) is 0 Å². The smallest absolute Gasteiger partial charge is 0.310 e. The third-order valence-corrected chi connectivity index (χ3v) is 2.48. The zero-order chi connectivity index (χ0) is 10.8. The number of hydrogen-bond donors (Lipinski definition) is 1. The Morgan fingerprint density at radius 3 is 2.87 bits per heavy atom. The lowest BCUT2D eigenvalue weighted by molar-refractivity contribution is -0.138. The number of fused-ring (bicyclic) bond motifs is 1. The average Bonchev–Trinajstić information content (AvgIpc) is 2.27. The molecule has 1 atom stereocenters. The van der Waals surface area contributed by atoms with E-state index in [0.29, 0.717) is 0 Å². The van der Waals surface area contributed by atoms with E-state index < -0.39 is 11.9 Å². The number of aliphatic carboxylic acids is 1. The van der Waals surface area contributed by atoms with Crippen LogP contribution in [0, 0.1) is 0 Å². The predicted molar refractivity (Wildman–Crippen MR) is 57.8 cm³/mol. The molecule has 0 saturated heterocycles. The second kappa shape index (κ2) is 3.69. The molecule has 76 valence electrons. The number of nitrogens with zero attached hydrogens (tertiary/aromatic N) is 1. The van der Waals surface area contributed by atoms with Gasteiger partial charge in [-0.1, -0.05) is 18.2 Å². The van der Waals surface area contributed by atoms with Crippen LogP contribution in [0.2, 0.25) is 0 Å². The molecular formula is C12H11NO2. The van der Waals surface area contributed by atoms with Crippen LogP contribution in [-0.2, 0) is 4.79 Å². The number of pyridine rings is 1. The van der Waals surface area contributed by atoms with E-state index in [1.54, 1.807) is 13.1 Å². The molecule has 2 rings (SSSR count). The molecule has 0 saturated carbocycles. The van der Waals surface area contributed by atoms with Crippen LogP contribution >= 0.6 is 0 Å². The third-order valence-electron chi connectivity index (χ3n) is 2.48. The number of carboxylic acid groups (broad SMARTS) is 1. The van der Waals surface area contributed by atoms with Crippen LogP contribution in [0.1, 0.15) is 18.4 Å². The number of carbonyl (C=O) groups is 1. The number of para-hydroxylation sites is 1. The molecule has 0 aliphatic carbocycles. The Bertz CT molecular complexity index is 508. The number of benzene rings is 1. The fraction of sp³-hybridized carbons (Fsp3) is 0.167. The molecule has 0 fully saturated rings. The summed E-state index contributed by atoms with van der Waals surface area (Å²) in [5.74, 6) is -1.34. The highest BCUT2D eigenvalue weighted by Gasteiger charge is 2.13. The summed E-state index contributed by atoms with van der Waals surface area (Å²) in [6, 6.07) is 9.54. The van der Waals surface area contributed by atoms with Crippen molar-refractivity contribution < 1.29 is 9.90 Å². The molecule has 1 heterocycles. The fourth-order valence-electron chi connectivity index (χ4n) is 1.47. The highest BCUT2D eigenvalue weighted by atomic mass is 16.4. The minimum absolute atomic E-state index is 0.512. The summed E-state index contributed by atoms with van der Waals surface area (Å²) in [4.78, 5) is 15.0. The maximum absolute atomic E-state index is 10.8. The highest BCUT2D eigenvalue weighted by molar-refractivity contribution is 5.81. The summed E-state index contributed by atoms with van der Waals surface area (Å²) in [5, 5.41) is 9.85.